The molecule has 2 nitrogen and oxygen atoms in total. The Morgan fingerprint density at radius 3 is 2.67 bits per heavy atom. The van der Waals surface area contributed by atoms with Crippen molar-refractivity contribution >= 4 is 68.4 Å². The van der Waals surface area contributed by atoms with Crippen LogP contribution in [0.15, 0.2) is 39.7 Å². The van der Waals surface area contributed by atoms with Gasteiger partial charge in [0.25, 0.3) is 0 Å². The van der Waals surface area contributed by atoms with Crippen molar-refractivity contribution in [3.63, 3.8) is 0 Å². The fourth-order valence-electron chi connectivity index (χ4n) is 1.47. The molecule has 1 aliphatic rings. The van der Waals surface area contributed by atoms with Crippen molar-refractivity contribution < 1.29 is 9.84 Å². The van der Waals surface area contributed by atoms with Gasteiger partial charge in [-0.2, -0.15) is 0 Å². The maximum absolute atomic E-state index is 9.52. The molecule has 0 saturated carbocycles. The van der Waals surface area contributed by atoms with Gasteiger partial charge in [-0.05, 0) is 75.5 Å². The average molecular weight is 509 g/mol. The van der Waals surface area contributed by atoms with Crippen LogP contribution in [-0.4, -0.2) is 10.2 Å². The lowest BCUT2D eigenvalue weighted by atomic mass is 10.1. The molecule has 0 heterocycles. The van der Waals surface area contributed by atoms with Crippen LogP contribution in [0, 0.1) is 3.57 Å². The first kappa shape index (κ1) is 14.7. The molecule has 18 heavy (non-hydrogen) atoms. The number of ether oxygens (including phenoxy) is 1. The average Bonchev–Trinajstić information content (AvgIpc) is 2.28. The van der Waals surface area contributed by atoms with Gasteiger partial charge in [-0.3, -0.25) is 0 Å². The van der Waals surface area contributed by atoms with Gasteiger partial charge in [0, 0.05) is 15.0 Å². The minimum Gasteiger partial charge on any atom is -0.507 e. The second kappa shape index (κ2) is 5.76. The van der Waals surface area contributed by atoms with Crippen LogP contribution in [0.2, 0.25) is 5.02 Å². The summed E-state index contributed by atoms with van der Waals surface area (Å²) >= 11 is 16.5. The van der Waals surface area contributed by atoms with Crippen LogP contribution in [0.5, 0.6) is 5.75 Å². The summed E-state index contributed by atoms with van der Waals surface area (Å²) in [5.41, 5.74) is 0. The summed E-state index contributed by atoms with van der Waals surface area (Å²) in [5.74, 6) is 0.909. The second-order valence-corrected chi connectivity index (χ2v) is 7.30. The molecule has 0 radical (unpaired) electrons. The zero-order valence-corrected chi connectivity index (χ0v) is 14.8. The largest absolute Gasteiger partial charge is 0.507 e. The Kier molecular flexibility index (Phi) is 4.72. The quantitative estimate of drug-likeness (QED) is 0.427. The summed E-state index contributed by atoms with van der Waals surface area (Å²) in [6.07, 6.45) is 3.63. The van der Waals surface area contributed by atoms with Crippen molar-refractivity contribution in [3.8, 4) is 5.75 Å². The Hall–Kier alpha value is 0.340. The maximum Gasteiger partial charge on any atom is 0.206 e. The fourth-order valence-corrected chi connectivity index (χ4v) is 3.70. The highest BCUT2D eigenvalue weighted by atomic mass is 127. The minimum absolute atomic E-state index is 0.237. The fraction of sp³-hybridized carbons (Fsp3) is 0.167. The van der Waals surface area contributed by atoms with Gasteiger partial charge in [0.2, 0.25) is 5.06 Å². The van der Waals surface area contributed by atoms with Gasteiger partial charge in [-0.15, -0.1) is 0 Å². The topological polar surface area (TPSA) is 29.5 Å². The molecule has 0 saturated heterocycles. The summed E-state index contributed by atoms with van der Waals surface area (Å²) in [5, 5.41) is 9.21. The molecule has 0 fully saturated rings. The lowest BCUT2D eigenvalue weighted by Crippen LogP contribution is -2.29. The van der Waals surface area contributed by atoms with Gasteiger partial charge >= 0.3 is 0 Å². The number of alkyl halides is 1. The molecular weight excluding hydrogens is 501 g/mol. The molecule has 0 bridgehead atoms. The summed E-state index contributed by atoms with van der Waals surface area (Å²) in [6.45, 7) is 0. The van der Waals surface area contributed by atoms with E-state index in [1.54, 1.807) is 24.3 Å². The van der Waals surface area contributed by atoms with Crippen molar-refractivity contribution in [2.24, 2.45) is 0 Å². The van der Waals surface area contributed by atoms with E-state index in [1.807, 2.05) is 6.07 Å². The van der Waals surface area contributed by atoms with Gasteiger partial charge in [0.05, 0.1) is 3.57 Å². The Labute approximate surface area is 142 Å². The molecule has 1 atom stereocenters. The number of hydrogen-bond donors (Lipinski definition) is 1. The van der Waals surface area contributed by atoms with Gasteiger partial charge in [-0.25, -0.2) is 0 Å². The number of benzene rings is 1. The zero-order valence-electron chi connectivity index (χ0n) is 8.96. The molecule has 0 amide bonds. The summed E-state index contributed by atoms with van der Waals surface area (Å²) in [4.78, 5) is 0. The van der Waals surface area contributed by atoms with Crippen LogP contribution in [0.4, 0.5) is 0 Å². The third-order valence-electron chi connectivity index (χ3n) is 2.34. The predicted molar refractivity (Wildman–Crippen MR) is 90.8 cm³/mol. The molecule has 0 aliphatic heterocycles. The lowest BCUT2D eigenvalue weighted by Gasteiger charge is -2.28. The third kappa shape index (κ3) is 3.46. The number of allylic oxidation sites excluding steroid dienone is 1. The van der Waals surface area contributed by atoms with Crippen LogP contribution in [0.1, 0.15) is 6.42 Å². The zero-order chi connectivity index (χ0) is 13.3. The first-order valence-corrected chi connectivity index (χ1v) is 7.91. The van der Waals surface area contributed by atoms with E-state index in [1.165, 1.54) is 0 Å². The normalized spacial score (nSPS) is 23.3. The number of aliphatic hydroxyl groups is 1. The molecule has 96 valence electrons. The lowest BCUT2D eigenvalue weighted by molar-refractivity contribution is 0.203. The van der Waals surface area contributed by atoms with Crippen LogP contribution in [0.3, 0.4) is 0 Å². The van der Waals surface area contributed by atoms with E-state index < -0.39 is 5.06 Å². The SMILES string of the molecule is OC1=C(I)CC(Cl)(Oc2ccc(Cl)cc2I)C=C1. The standard InChI is InChI=1S/C12H8Cl2I2O2/c13-7-1-2-11(8(15)5-7)18-12(14)4-3-10(17)9(16)6-12/h1-5,17H,6H2. The van der Waals surface area contributed by atoms with Crippen LogP contribution in [-0.2, 0) is 0 Å². The van der Waals surface area contributed by atoms with E-state index in [2.05, 4.69) is 45.2 Å². The summed E-state index contributed by atoms with van der Waals surface area (Å²) in [6, 6.07) is 5.35. The Balaban J connectivity index is 2.22. The summed E-state index contributed by atoms with van der Waals surface area (Å²) in [7, 11) is 0. The van der Waals surface area contributed by atoms with Crippen molar-refractivity contribution in [2.45, 2.75) is 11.5 Å². The third-order valence-corrected chi connectivity index (χ3v) is 4.69. The monoisotopic (exact) mass is 508 g/mol. The molecule has 2 rings (SSSR count). The van der Waals surface area contributed by atoms with Crippen molar-refractivity contribution in [1.82, 2.24) is 0 Å². The van der Waals surface area contributed by atoms with E-state index in [-0.39, 0.29) is 5.76 Å². The van der Waals surface area contributed by atoms with Gasteiger partial charge < -0.3 is 9.84 Å². The molecule has 0 aromatic heterocycles. The first-order chi connectivity index (χ1) is 8.39. The van der Waals surface area contributed by atoms with Crippen LogP contribution >= 0.6 is 68.4 Å². The minimum atomic E-state index is -0.962. The summed E-state index contributed by atoms with van der Waals surface area (Å²) < 4.78 is 7.47. The highest BCUT2D eigenvalue weighted by molar-refractivity contribution is 14.1. The van der Waals surface area contributed by atoms with Crippen molar-refractivity contribution in [1.29, 1.82) is 0 Å². The molecule has 1 aromatic rings. The smallest absolute Gasteiger partial charge is 0.206 e. The maximum atomic E-state index is 9.52. The van der Waals surface area contributed by atoms with E-state index in [0.29, 0.717) is 17.2 Å². The molecule has 1 aromatic carbocycles. The Morgan fingerprint density at radius 1 is 1.33 bits per heavy atom. The van der Waals surface area contributed by atoms with Crippen LogP contribution < -0.4 is 4.74 Å². The molecule has 0 spiro atoms. The Bertz CT molecular complexity index is 543. The van der Waals surface area contributed by atoms with Gasteiger partial charge in [-0.1, -0.05) is 23.2 Å². The van der Waals surface area contributed by atoms with Gasteiger partial charge in [0.15, 0.2) is 0 Å². The highest BCUT2D eigenvalue weighted by Gasteiger charge is 2.31. The molecule has 1 aliphatic carbocycles. The van der Waals surface area contributed by atoms with E-state index in [4.69, 9.17) is 27.9 Å². The Morgan fingerprint density at radius 2 is 2.06 bits per heavy atom. The first-order valence-electron chi connectivity index (χ1n) is 4.99. The molecule has 1 N–H and O–H groups in total. The van der Waals surface area contributed by atoms with E-state index in [9.17, 15) is 5.11 Å². The number of hydrogen-bond acceptors (Lipinski definition) is 2. The predicted octanol–water partition coefficient (Wildman–Crippen LogP) is 5.42. The number of rotatable bonds is 2. The van der Waals surface area contributed by atoms with Crippen molar-refractivity contribution in [2.75, 3.05) is 0 Å². The van der Waals surface area contributed by atoms with Gasteiger partial charge in [0.1, 0.15) is 11.5 Å². The number of halogens is 4. The van der Waals surface area contributed by atoms with Crippen LogP contribution in [0.25, 0.3) is 0 Å². The second-order valence-electron chi connectivity index (χ2n) is 3.76. The van der Waals surface area contributed by atoms with Crippen molar-refractivity contribution in [3.05, 3.63) is 48.3 Å². The molecule has 6 heteroatoms. The number of aliphatic hydroxyl groups excluding tert-OH is 1. The molecule has 1 unspecified atom stereocenters. The highest BCUT2D eigenvalue weighted by Crippen LogP contribution is 2.38. The van der Waals surface area contributed by atoms with E-state index in [0.717, 1.165) is 7.15 Å². The van der Waals surface area contributed by atoms with E-state index >= 15 is 0 Å². The molecular formula is C12H8Cl2I2O2.